The fourth-order valence-corrected chi connectivity index (χ4v) is 4.31. The Morgan fingerprint density at radius 2 is 1.98 bits per heavy atom. The molecule has 2 N–H and O–H groups in total. The highest BCUT2D eigenvalue weighted by atomic mass is 16.5. The van der Waals surface area contributed by atoms with Crippen LogP contribution in [-0.2, 0) is 28.1 Å². The zero-order valence-corrected chi connectivity index (χ0v) is 22.2. The zero-order chi connectivity index (χ0) is 28.2. The van der Waals surface area contributed by atoms with E-state index in [2.05, 4.69) is 25.5 Å². The maximum Gasteiger partial charge on any atom is 0.308 e. The van der Waals surface area contributed by atoms with E-state index >= 15 is 0 Å². The van der Waals surface area contributed by atoms with Crippen molar-refractivity contribution in [2.75, 3.05) is 11.9 Å². The molecule has 0 aliphatic rings. The molecule has 0 radical (unpaired) electrons. The lowest BCUT2D eigenvalue weighted by Crippen LogP contribution is -2.12. The quantitative estimate of drug-likeness (QED) is 0.233. The first-order chi connectivity index (χ1) is 19.3. The summed E-state index contributed by atoms with van der Waals surface area (Å²) in [6.45, 7) is 4.44. The molecule has 13 heteroatoms. The fourth-order valence-electron chi connectivity index (χ4n) is 4.31. The number of anilines is 1. The van der Waals surface area contributed by atoms with Gasteiger partial charge in [-0.1, -0.05) is 0 Å². The van der Waals surface area contributed by atoms with Gasteiger partial charge in [-0.2, -0.15) is 10.2 Å². The molecule has 40 heavy (non-hydrogen) atoms. The van der Waals surface area contributed by atoms with Crippen molar-refractivity contribution in [3.8, 4) is 17.0 Å². The van der Waals surface area contributed by atoms with E-state index in [1.165, 1.54) is 0 Å². The lowest BCUT2D eigenvalue weighted by Gasteiger charge is -2.17. The highest BCUT2D eigenvalue weighted by Gasteiger charge is 2.20. The molecule has 0 saturated carbocycles. The van der Waals surface area contributed by atoms with Crippen molar-refractivity contribution in [1.29, 1.82) is 0 Å². The molecule has 206 valence electrons. The largest absolute Gasteiger partial charge is 0.484 e. The molecule has 0 aliphatic heterocycles. The van der Waals surface area contributed by atoms with E-state index in [1.54, 1.807) is 34.0 Å². The molecule has 4 heterocycles. The number of pyridine rings is 1. The van der Waals surface area contributed by atoms with Crippen LogP contribution >= 0.6 is 0 Å². The minimum absolute atomic E-state index is 0.169. The molecular weight excluding hydrogens is 516 g/mol. The van der Waals surface area contributed by atoms with Crippen LogP contribution in [0.1, 0.15) is 38.5 Å². The van der Waals surface area contributed by atoms with Gasteiger partial charge in [0.05, 0.1) is 30.1 Å². The Labute approximate surface area is 228 Å². The fraction of sp³-hybridized carbons (Fsp3) is 0.296. The summed E-state index contributed by atoms with van der Waals surface area (Å²) >= 11 is 0. The number of ether oxygens (including phenoxy) is 2. The Morgan fingerprint density at radius 3 is 2.73 bits per heavy atom. The Balaban J connectivity index is 1.47. The third kappa shape index (κ3) is 5.67. The Kier molecular flexibility index (Phi) is 7.53. The maximum atomic E-state index is 12.0. The number of aromatic nitrogens is 7. The van der Waals surface area contributed by atoms with Gasteiger partial charge in [-0.3, -0.25) is 24.2 Å². The third-order valence-electron chi connectivity index (χ3n) is 6.13. The van der Waals surface area contributed by atoms with Gasteiger partial charge in [0.15, 0.2) is 6.73 Å². The molecule has 1 atom stereocenters. The van der Waals surface area contributed by atoms with Crippen LogP contribution in [-0.4, -0.2) is 58.1 Å². The van der Waals surface area contributed by atoms with Crippen LogP contribution in [0.3, 0.4) is 0 Å². The molecule has 13 nitrogen and oxygen atoms in total. The van der Waals surface area contributed by atoms with E-state index in [-0.39, 0.29) is 19.6 Å². The molecule has 5 rings (SSSR count). The Morgan fingerprint density at radius 1 is 1.15 bits per heavy atom. The summed E-state index contributed by atoms with van der Waals surface area (Å²) < 4.78 is 14.9. The number of carbonyl (C=O) groups excluding carboxylic acids is 1. The normalized spacial score (nSPS) is 12.0. The van der Waals surface area contributed by atoms with Crippen LogP contribution in [0.15, 0.2) is 49.1 Å². The Hall–Kier alpha value is -5.07. The minimum Gasteiger partial charge on any atom is -0.484 e. The standard InChI is InChI=1S/C27H28N8O5/c1-4-28-22-12-20-27(30-10-9-29-20)25(32-22)16(2)40-18-5-6-21-19(11-18)26(17-13-31-34(3)14-17)33-35(21)15-39-24(38)8-7-23(36)37/h5-6,9-14,16H,4,7-8,15H2,1-3H3,(H,28,32)(H,36,37)/t16-/m1/s1. The number of carboxylic acid groups (broad SMARTS) is 1. The summed E-state index contributed by atoms with van der Waals surface area (Å²) in [7, 11) is 1.81. The van der Waals surface area contributed by atoms with Crippen LogP contribution in [0, 0.1) is 0 Å². The lowest BCUT2D eigenvalue weighted by molar-refractivity contribution is -0.150. The highest BCUT2D eigenvalue weighted by Crippen LogP contribution is 2.33. The molecule has 0 unspecified atom stereocenters. The molecule has 0 bridgehead atoms. The highest BCUT2D eigenvalue weighted by molar-refractivity contribution is 5.94. The van der Waals surface area contributed by atoms with Gasteiger partial charge >= 0.3 is 11.9 Å². The van der Waals surface area contributed by atoms with Crippen molar-refractivity contribution in [2.45, 2.75) is 39.5 Å². The van der Waals surface area contributed by atoms with Gasteiger partial charge in [0, 0.05) is 49.2 Å². The van der Waals surface area contributed by atoms with Crippen molar-refractivity contribution in [3.05, 3.63) is 54.7 Å². The molecule has 0 saturated heterocycles. The van der Waals surface area contributed by atoms with Crippen LogP contribution in [0.25, 0.3) is 33.2 Å². The Bertz CT molecular complexity index is 1700. The van der Waals surface area contributed by atoms with Crippen molar-refractivity contribution < 1.29 is 24.2 Å². The molecule has 0 amide bonds. The summed E-state index contributed by atoms with van der Waals surface area (Å²) in [6, 6.07) is 7.36. The maximum absolute atomic E-state index is 12.0. The number of rotatable bonds is 11. The molecule has 4 aromatic heterocycles. The minimum atomic E-state index is -1.06. The van der Waals surface area contributed by atoms with Gasteiger partial charge in [-0.25, -0.2) is 9.67 Å². The number of nitrogens with zero attached hydrogens (tertiary/aromatic N) is 7. The average molecular weight is 545 g/mol. The molecule has 5 aromatic rings. The smallest absolute Gasteiger partial charge is 0.308 e. The number of esters is 1. The summed E-state index contributed by atoms with van der Waals surface area (Å²) in [5, 5.41) is 21.7. The van der Waals surface area contributed by atoms with Gasteiger partial charge in [-0.15, -0.1) is 0 Å². The SMILES string of the molecule is CCNc1cc2nccnc2c([C@@H](C)Oc2ccc3c(c2)c(-c2cnn(C)c2)nn3COC(=O)CCC(=O)O)n1. The summed E-state index contributed by atoms with van der Waals surface area (Å²) in [5.74, 6) is -0.415. The zero-order valence-electron chi connectivity index (χ0n) is 22.2. The van der Waals surface area contributed by atoms with Crippen molar-refractivity contribution in [2.24, 2.45) is 7.05 Å². The molecular formula is C27H28N8O5. The predicted molar refractivity (Wildman–Crippen MR) is 145 cm³/mol. The molecule has 1 aromatic carbocycles. The number of hydrogen-bond acceptors (Lipinski definition) is 10. The van der Waals surface area contributed by atoms with Gasteiger partial charge in [0.1, 0.15) is 34.6 Å². The summed E-state index contributed by atoms with van der Waals surface area (Å²) in [5.41, 5.74) is 4.13. The number of carboxylic acids is 1. The van der Waals surface area contributed by atoms with E-state index in [1.807, 2.05) is 45.3 Å². The van der Waals surface area contributed by atoms with Crippen LogP contribution in [0.5, 0.6) is 5.75 Å². The molecule has 0 spiro atoms. The monoisotopic (exact) mass is 544 g/mol. The van der Waals surface area contributed by atoms with Crippen molar-refractivity contribution in [1.82, 2.24) is 34.5 Å². The number of fused-ring (bicyclic) bond motifs is 2. The number of hydrogen-bond donors (Lipinski definition) is 2. The van der Waals surface area contributed by atoms with Crippen LogP contribution < -0.4 is 10.1 Å². The van der Waals surface area contributed by atoms with Crippen molar-refractivity contribution in [3.63, 3.8) is 0 Å². The van der Waals surface area contributed by atoms with Gasteiger partial charge in [-0.05, 0) is 32.0 Å². The first-order valence-electron chi connectivity index (χ1n) is 12.7. The number of aliphatic carboxylic acids is 1. The number of aryl methyl sites for hydroxylation is 1. The van der Waals surface area contributed by atoms with E-state index < -0.39 is 18.0 Å². The van der Waals surface area contributed by atoms with Gasteiger partial charge < -0.3 is 19.9 Å². The molecule has 0 aliphatic carbocycles. The van der Waals surface area contributed by atoms with E-state index in [9.17, 15) is 9.59 Å². The number of nitrogens with one attached hydrogen (secondary N) is 1. The van der Waals surface area contributed by atoms with E-state index in [0.29, 0.717) is 46.1 Å². The molecule has 0 fully saturated rings. The number of benzene rings is 1. The summed E-state index contributed by atoms with van der Waals surface area (Å²) in [6.07, 6.45) is 5.82. The second-order valence-corrected chi connectivity index (χ2v) is 9.08. The first kappa shape index (κ1) is 26.5. The predicted octanol–water partition coefficient (Wildman–Crippen LogP) is 3.71. The lowest BCUT2D eigenvalue weighted by atomic mass is 10.1. The number of carbonyl (C=O) groups is 2. The van der Waals surface area contributed by atoms with Crippen LogP contribution in [0.4, 0.5) is 5.82 Å². The van der Waals surface area contributed by atoms with E-state index in [0.717, 1.165) is 10.9 Å². The summed E-state index contributed by atoms with van der Waals surface area (Å²) in [4.78, 5) is 36.4. The first-order valence-corrected chi connectivity index (χ1v) is 12.7. The second-order valence-electron chi connectivity index (χ2n) is 9.08. The topological polar surface area (TPSA) is 159 Å². The second kappa shape index (κ2) is 11.4. The average Bonchev–Trinajstić information content (AvgIpc) is 3.53. The van der Waals surface area contributed by atoms with Gasteiger partial charge in [0.25, 0.3) is 0 Å². The third-order valence-corrected chi connectivity index (χ3v) is 6.13. The van der Waals surface area contributed by atoms with Crippen LogP contribution in [0.2, 0.25) is 0 Å². The van der Waals surface area contributed by atoms with Crippen molar-refractivity contribution >= 4 is 39.7 Å². The van der Waals surface area contributed by atoms with Gasteiger partial charge in [0.2, 0.25) is 0 Å². The van der Waals surface area contributed by atoms with E-state index in [4.69, 9.17) is 19.6 Å².